The number of hydrogen-bond donors (Lipinski definition) is 0. The minimum absolute atomic E-state index is 0.0653. The van der Waals surface area contributed by atoms with Gasteiger partial charge in [0.1, 0.15) is 0 Å². The summed E-state index contributed by atoms with van der Waals surface area (Å²) in [5.74, 6) is 0.806. The van der Waals surface area contributed by atoms with Crippen molar-refractivity contribution in [1.82, 2.24) is 9.88 Å². The van der Waals surface area contributed by atoms with E-state index in [0.29, 0.717) is 18.7 Å². The van der Waals surface area contributed by atoms with Crippen LogP contribution < -0.4 is 0 Å². The van der Waals surface area contributed by atoms with Crippen molar-refractivity contribution in [3.05, 3.63) is 29.6 Å². The number of rotatable bonds is 4. The summed E-state index contributed by atoms with van der Waals surface area (Å²) in [4.78, 5) is 19.0. The summed E-state index contributed by atoms with van der Waals surface area (Å²) in [7, 11) is 0. The van der Waals surface area contributed by atoms with E-state index in [1.165, 1.54) is 25.7 Å². The number of ether oxygens (including phenoxy) is 2. The average Bonchev–Trinajstić information content (AvgIpc) is 3.30. The number of aromatic nitrogens is 1. The van der Waals surface area contributed by atoms with Crippen LogP contribution in [0.15, 0.2) is 18.3 Å². The summed E-state index contributed by atoms with van der Waals surface area (Å²) >= 11 is 0. The molecule has 1 saturated carbocycles. The van der Waals surface area contributed by atoms with Crippen molar-refractivity contribution >= 4 is 5.91 Å². The van der Waals surface area contributed by atoms with Gasteiger partial charge in [-0.1, -0.05) is 12.8 Å². The summed E-state index contributed by atoms with van der Waals surface area (Å²) in [6, 6.07) is 3.76. The molecule has 2 aliphatic heterocycles. The van der Waals surface area contributed by atoms with Crippen molar-refractivity contribution in [3.63, 3.8) is 0 Å². The molecule has 142 valence electrons. The number of likely N-dealkylation sites (tertiary alicyclic amines) is 1. The standard InChI is InChI=1S/C21H30N2O3/c1-16-7-8-18(12-22-16)20(24)23-10-4-9-21(15-23)11-19(14-26-21)25-13-17-5-2-3-6-17/h7-8,12,17,19H,2-6,9-11,13-15H2,1H3/t19-,21+/m1/s1. The normalized spacial score (nSPS) is 29.6. The Balaban J connectivity index is 1.34. The lowest BCUT2D eigenvalue weighted by Crippen LogP contribution is -2.50. The van der Waals surface area contributed by atoms with E-state index in [-0.39, 0.29) is 17.6 Å². The highest BCUT2D eigenvalue weighted by atomic mass is 16.6. The zero-order chi connectivity index (χ0) is 18.0. The Kier molecular flexibility index (Phi) is 5.28. The third-order valence-electron chi connectivity index (χ3n) is 6.20. The maximum absolute atomic E-state index is 12.8. The minimum Gasteiger partial charge on any atom is -0.375 e. The molecule has 3 fully saturated rings. The molecule has 2 atom stereocenters. The van der Waals surface area contributed by atoms with Gasteiger partial charge in [-0.25, -0.2) is 0 Å². The first-order chi connectivity index (χ1) is 12.6. The van der Waals surface area contributed by atoms with Crippen LogP contribution in [0.2, 0.25) is 0 Å². The topological polar surface area (TPSA) is 51.7 Å². The van der Waals surface area contributed by atoms with Crippen LogP contribution in [0.3, 0.4) is 0 Å². The first kappa shape index (κ1) is 17.9. The number of aryl methyl sites for hydroxylation is 1. The molecule has 1 spiro atoms. The molecular formula is C21H30N2O3. The number of pyridine rings is 1. The maximum Gasteiger partial charge on any atom is 0.255 e. The summed E-state index contributed by atoms with van der Waals surface area (Å²) < 4.78 is 12.4. The van der Waals surface area contributed by atoms with Gasteiger partial charge in [0, 0.05) is 31.5 Å². The van der Waals surface area contributed by atoms with E-state index >= 15 is 0 Å². The zero-order valence-electron chi connectivity index (χ0n) is 15.8. The molecule has 4 rings (SSSR count). The number of amides is 1. The van der Waals surface area contributed by atoms with Gasteiger partial charge >= 0.3 is 0 Å². The van der Waals surface area contributed by atoms with E-state index in [2.05, 4.69) is 4.98 Å². The molecular weight excluding hydrogens is 328 g/mol. The predicted octanol–water partition coefficient (Wildman–Crippen LogP) is 3.36. The molecule has 0 unspecified atom stereocenters. The molecule has 0 aromatic carbocycles. The van der Waals surface area contributed by atoms with E-state index in [4.69, 9.17) is 9.47 Å². The van der Waals surface area contributed by atoms with Gasteiger partial charge in [-0.15, -0.1) is 0 Å². The van der Waals surface area contributed by atoms with Crippen molar-refractivity contribution in [2.45, 2.75) is 63.6 Å². The van der Waals surface area contributed by atoms with Crippen molar-refractivity contribution < 1.29 is 14.3 Å². The Morgan fingerprint density at radius 1 is 1.35 bits per heavy atom. The highest BCUT2D eigenvalue weighted by molar-refractivity contribution is 5.94. The third kappa shape index (κ3) is 3.94. The van der Waals surface area contributed by atoms with Crippen LogP contribution in [0.5, 0.6) is 0 Å². The van der Waals surface area contributed by atoms with Crippen LogP contribution in [0.4, 0.5) is 0 Å². The van der Waals surface area contributed by atoms with Gasteiger partial charge in [-0.3, -0.25) is 9.78 Å². The SMILES string of the molecule is Cc1ccc(C(=O)N2CCC[C@]3(C[C@@H](OCC4CCCC4)CO3)C2)cn1. The molecule has 3 heterocycles. The number of carbonyl (C=O) groups is 1. The second-order valence-corrected chi connectivity index (χ2v) is 8.32. The number of carbonyl (C=O) groups excluding carboxylic acids is 1. The quantitative estimate of drug-likeness (QED) is 0.828. The van der Waals surface area contributed by atoms with Crippen molar-refractivity contribution in [2.75, 3.05) is 26.3 Å². The van der Waals surface area contributed by atoms with Crippen LogP contribution in [0.25, 0.3) is 0 Å². The minimum atomic E-state index is -0.216. The monoisotopic (exact) mass is 358 g/mol. The van der Waals surface area contributed by atoms with Crippen molar-refractivity contribution in [3.8, 4) is 0 Å². The fraction of sp³-hybridized carbons (Fsp3) is 0.714. The molecule has 1 aliphatic carbocycles. The van der Waals surface area contributed by atoms with Crippen LogP contribution in [0, 0.1) is 12.8 Å². The van der Waals surface area contributed by atoms with Crippen molar-refractivity contribution in [2.24, 2.45) is 5.92 Å². The smallest absolute Gasteiger partial charge is 0.255 e. The van der Waals surface area contributed by atoms with Crippen LogP contribution in [-0.4, -0.2) is 53.8 Å². The molecule has 5 heteroatoms. The molecule has 0 bridgehead atoms. The second kappa shape index (κ2) is 7.65. The highest BCUT2D eigenvalue weighted by Gasteiger charge is 2.45. The Labute approximate surface area is 156 Å². The van der Waals surface area contributed by atoms with Crippen molar-refractivity contribution in [1.29, 1.82) is 0 Å². The molecule has 0 N–H and O–H groups in total. The van der Waals surface area contributed by atoms with Gasteiger partial charge in [0.25, 0.3) is 5.91 Å². The first-order valence-corrected chi connectivity index (χ1v) is 10.1. The van der Waals surface area contributed by atoms with E-state index in [0.717, 1.165) is 44.0 Å². The van der Waals surface area contributed by atoms with E-state index in [1.807, 2.05) is 24.0 Å². The fourth-order valence-corrected chi connectivity index (χ4v) is 4.69. The Bertz CT molecular complexity index is 627. The summed E-state index contributed by atoms with van der Waals surface area (Å²) in [6.07, 6.45) is 10.1. The first-order valence-electron chi connectivity index (χ1n) is 10.1. The predicted molar refractivity (Wildman–Crippen MR) is 99.1 cm³/mol. The lowest BCUT2D eigenvalue weighted by Gasteiger charge is -2.39. The number of piperidine rings is 1. The molecule has 1 amide bonds. The summed E-state index contributed by atoms with van der Waals surface area (Å²) in [5, 5.41) is 0. The molecule has 2 saturated heterocycles. The Hall–Kier alpha value is -1.46. The molecule has 0 radical (unpaired) electrons. The second-order valence-electron chi connectivity index (χ2n) is 8.32. The molecule has 1 aromatic rings. The number of nitrogens with zero attached hydrogens (tertiary/aromatic N) is 2. The average molecular weight is 358 g/mol. The fourth-order valence-electron chi connectivity index (χ4n) is 4.69. The summed E-state index contributed by atoms with van der Waals surface area (Å²) in [5.41, 5.74) is 1.38. The van der Waals surface area contributed by atoms with Gasteiger partial charge in [-0.2, -0.15) is 0 Å². The van der Waals surface area contributed by atoms with Gasteiger partial charge in [0.15, 0.2) is 0 Å². The van der Waals surface area contributed by atoms with Gasteiger partial charge in [0.05, 0.1) is 30.4 Å². The molecule has 3 aliphatic rings. The van der Waals surface area contributed by atoms with E-state index in [1.54, 1.807) is 6.20 Å². The zero-order valence-corrected chi connectivity index (χ0v) is 15.8. The summed E-state index contributed by atoms with van der Waals surface area (Å²) in [6.45, 7) is 4.94. The van der Waals surface area contributed by atoms with Gasteiger partial charge in [-0.05, 0) is 50.7 Å². The van der Waals surface area contributed by atoms with E-state index < -0.39 is 0 Å². The third-order valence-corrected chi connectivity index (χ3v) is 6.20. The largest absolute Gasteiger partial charge is 0.375 e. The van der Waals surface area contributed by atoms with Gasteiger partial charge in [0.2, 0.25) is 0 Å². The lowest BCUT2D eigenvalue weighted by molar-refractivity contribution is -0.0467. The van der Waals surface area contributed by atoms with Crippen LogP contribution in [0.1, 0.15) is 61.0 Å². The highest BCUT2D eigenvalue weighted by Crippen LogP contribution is 2.37. The molecule has 5 nitrogen and oxygen atoms in total. The van der Waals surface area contributed by atoms with E-state index in [9.17, 15) is 4.79 Å². The van der Waals surface area contributed by atoms with Crippen LogP contribution >= 0.6 is 0 Å². The molecule has 1 aromatic heterocycles. The number of hydrogen-bond acceptors (Lipinski definition) is 4. The Morgan fingerprint density at radius 2 is 2.19 bits per heavy atom. The van der Waals surface area contributed by atoms with Gasteiger partial charge < -0.3 is 14.4 Å². The van der Waals surface area contributed by atoms with Crippen LogP contribution in [-0.2, 0) is 9.47 Å². The Morgan fingerprint density at radius 3 is 2.96 bits per heavy atom. The lowest BCUT2D eigenvalue weighted by atomic mass is 9.89. The molecule has 26 heavy (non-hydrogen) atoms. The maximum atomic E-state index is 12.8.